The monoisotopic (exact) mass is 317 g/mol. The number of carboxylic acid groups (broad SMARTS) is 1. The van der Waals surface area contributed by atoms with Gasteiger partial charge in [0.05, 0.1) is 6.54 Å². The van der Waals surface area contributed by atoms with Crippen LogP contribution < -0.4 is 5.32 Å². The molecule has 1 unspecified atom stereocenters. The normalized spacial score (nSPS) is 19.1. The van der Waals surface area contributed by atoms with Crippen molar-refractivity contribution in [2.75, 3.05) is 6.54 Å². The Morgan fingerprint density at radius 2 is 1.73 bits per heavy atom. The highest BCUT2D eigenvalue weighted by atomic mass is 19.4. The molecule has 8 heteroatoms. The first-order chi connectivity index (χ1) is 10.1. The van der Waals surface area contributed by atoms with Gasteiger partial charge in [-0.3, -0.25) is 9.59 Å². The Bertz CT molecular complexity index is 584. The second-order valence-electron chi connectivity index (χ2n) is 5.29. The lowest BCUT2D eigenvalue weighted by molar-refractivity contribution is -0.264. The van der Waals surface area contributed by atoms with E-state index in [0.29, 0.717) is 0 Å². The maximum Gasteiger partial charge on any atom is 0.423 e. The summed E-state index contributed by atoms with van der Waals surface area (Å²) in [5, 5.41) is 20.9. The van der Waals surface area contributed by atoms with Gasteiger partial charge in [0.1, 0.15) is 5.41 Å². The first-order valence-corrected chi connectivity index (χ1v) is 6.50. The highest BCUT2D eigenvalue weighted by Crippen LogP contribution is 2.46. The molecule has 1 aliphatic carbocycles. The molecule has 1 aromatic rings. The fraction of sp³-hybridized carbons (Fsp3) is 0.429. The predicted octanol–water partition coefficient (Wildman–Crippen LogP) is 1.42. The van der Waals surface area contributed by atoms with Crippen molar-refractivity contribution in [3.8, 4) is 0 Å². The van der Waals surface area contributed by atoms with Crippen molar-refractivity contribution in [3.05, 3.63) is 35.9 Å². The lowest BCUT2D eigenvalue weighted by Gasteiger charge is -2.31. The van der Waals surface area contributed by atoms with Crippen LogP contribution in [0.3, 0.4) is 0 Å². The number of halogens is 3. The molecule has 0 heterocycles. The number of hydrogen-bond acceptors (Lipinski definition) is 3. The Morgan fingerprint density at radius 1 is 1.18 bits per heavy atom. The molecule has 1 saturated carbocycles. The molecule has 0 aliphatic heterocycles. The first-order valence-electron chi connectivity index (χ1n) is 6.50. The number of hydrogen-bond donors (Lipinski definition) is 3. The van der Waals surface area contributed by atoms with E-state index in [2.05, 4.69) is 0 Å². The fourth-order valence-corrected chi connectivity index (χ4v) is 2.12. The molecule has 0 radical (unpaired) electrons. The number of rotatable bonds is 5. The van der Waals surface area contributed by atoms with Gasteiger partial charge in [0, 0.05) is 0 Å². The van der Waals surface area contributed by atoms with Crippen LogP contribution in [0.1, 0.15) is 18.4 Å². The number of carboxylic acids is 1. The first kappa shape index (κ1) is 16.3. The van der Waals surface area contributed by atoms with Gasteiger partial charge in [-0.15, -0.1) is 0 Å². The van der Waals surface area contributed by atoms with E-state index in [-0.39, 0.29) is 12.8 Å². The quantitative estimate of drug-likeness (QED) is 0.717. The molecule has 1 aliphatic rings. The molecule has 2 rings (SSSR count). The number of aliphatic hydroxyl groups is 1. The molecule has 1 fully saturated rings. The Kier molecular flexibility index (Phi) is 3.90. The molecule has 1 atom stereocenters. The molecule has 22 heavy (non-hydrogen) atoms. The van der Waals surface area contributed by atoms with Crippen molar-refractivity contribution < 1.29 is 33.0 Å². The number of carbonyl (C=O) groups is 2. The van der Waals surface area contributed by atoms with Gasteiger partial charge in [-0.2, -0.15) is 13.2 Å². The zero-order chi connectivity index (χ0) is 16.6. The summed E-state index contributed by atoms with van der Waals surface area (Å²) in [7, 11) is 0. The van der Waals surface area contributed by atoms with Gasteiger partial charge in [0.15, 0.2) is 0 Å². The molecule has 0 spiro atoms. The van der Waals surface area contributed by atoms with Crippen molar-refractivity contribution in [2.45, 2.75) is 24.6 Å². The Hall–Kier alpha value is -2.09. The van der Waals surface area contributed by atoms with Gasteiger partial charge >= 0.3 is 12.1 Å². The summed E-state index contributed by atoms with van der Waals surface area (Å²) in [6.07, 6.45) is -4.88. The summed E-state index contributed by atoms with van der Waals surface area (Å²) >= 11 is 0. The third kappa shape index (κ3) is 2.66. The van der Waals surface area contributed by atoms with Crippen LogP contribution in [0, 0.1) is 5.41 Å². The van der Waals surface area contributed by atoms with E-state index in [0.717, 1.165) is 12.1 Å². The smallest absolute Gasteiger partial charge is 0.423 e. The molecular formula is C14H14F3NO4. The lowest BCUT2D eigenvalue weighted by Crippen LogP contribution is -2.52. The Labute approximate surface area is 123 Å². The third-order valence-corrected chi connectivity index (χ3v) is 3.82. The van der Waals surface area contributed by atoms with Crippen LogP contribution in [0.2, 0.25) is 0 Å². The highest BCUT2D eigenvalue weighted by Gasteiger charge is 2.59. The van der Waals surface area contributed by atoms with Crippen LogP contribution in [0.4, 0.5) is 13.2 Å². The van der Waals surface area contributed by atoms with Crippen LogP contribution >= 0.6 is 0 Å². The molecule has 5 nitrogen and oxygen atoms in total. The van der Waals surface area contributed by atoms with Crippen LogP contribution in [0.5, 0.6) is 0 Å². The van der Waals surface area contributed by atoms with E-state index < -0.39 is 41.2 Å². The Morgan fingerprint density at radius 3 is 2.14 bits per heavy atom. The molecule has 0 saturated heterocycles. The minimum atomic E-state index is -5.03. The van der Waals surface area contributed by atoms with Gasteiger partial charge in [0.25, 0.3) is 0 Å². The van der Waals surface area contributed by atoms with Gasteiger partial charge in [-0.05, 0) is 18.4 Å². The minimum absolute atomic E-state index is 0.0734. The standard InChI is InChI=1S/C14H14F3NO4/c15-14(16,17)13(22,9-4-2-1-3-5-9)8-18-10(19)12(6-7-12)11(20)21/h1-5,22H,6-8H2,(H,18,19)(H,20,21). The molecule has 3 N–H and O–H groups in total. The van der Waals surface area contributed by atoms with Crippen molar-refractivity contribution in [1.82, 2.24) is 5.32 Å². The fourth-order valence-electron chi connectivity index (χ4n) is 2.12. The summed E-state index contributed by atoms with van der Waals surface area (Å²) < 4.78 is 39.6. The number of alkyl halides is 3. The number of carbonyl (C=O) groups excluding carboxylic acids is 1. The minimum Gasteiger partial charge on any atom is -0.480 e. The van der Waals surface area contributed by atoms with E-state index in [9.17, 15) is 27.9 Å². The van der Waals surface area contributed by atoms with Crippen LogP contribution in [0.25, 0.3) is 0 Å². The maximum absolute atomic E-state index is 13.2. The van der Waals surface area contributed by atoms with E-state index in [1.54, 1.807) is 0 Å². The van der Waals surface area contributed by atoms with E-state index in [1.165, 1.54) is 18.2 Å². The number of amides is 1. The van der Waals surface area contributed by atoms with Crippen molar-refractivity contribution in [3.63, 3.8) is 0 Å². The largest absolute Gasteiger partial charge is 0.480 e. The number of aliphatic carboxylic acids is 1. The van der Waals surface area contributed by atoms with Crippen molar-refractivity contribution in [1.29, 1.82) is 0 Å². The third-order valence-electron chi connectivity index (χ3n) is 3.82. The van der Waals surface area contributed by atoms with Crippen LogP contribution in [0.15, 0.2) is 30.3 Å². The summed E-state index contributed by atoms with van der Waals surface area (Å²) in [6.45, 7) is -1.14. The molecule has 120 valence electrons. The van der Waals surface area contributed by atoms with Gasteiger partial charge in [0.2, 0.25) is 11.5 Å². The van der Waals surface area contributed by atoms with Crippen LogP contribution in [-0.4, -0.2) is 34.8 Å². The zero-order valence-corrected chi connectivity index (χ0v) is 11.4. The predicted molar refractivity (Wildman–Crippen MR) is 68.7 cm³/mol. The summed E-state index contributed by atoms with van der Waals surface area (Å²) in [5.74, 6) is -2.39. The summed E-state index contributed by atoms with van der Waals surface area (Å²) in [6, 6.07) is 6.32. The van der Waals surface area contributed by atoms with Gasteiger partial charge in [-0.25, -0.2) is 0 Å². The molecule has 1 aromatic carbocycles. The molecule has 0 aromatic heterocycles. The van der Waals surface area contributed by atoms with E-state index in [1.807, 2.05) is 5.32 Å². The van der Waals surface area contributed by atoms with Gasteiger partial charge < -0.3 is 15.5 Å². The lowest BCUT2D eigenvalue weighted by atomic mass is 9.92. The zero-order valence-electron chi connectivity index (χ0n) is 11.4. The number of nitrogens with one attached hydrogen (secondary N) is 1. The second-order valence-corrected chi connectivity index (χ2v) is 5.29. The average molecular weight is 317 g/mol. The number of benzene rings is 1. The van der Waals surface area contributed by atoms with Crippen molar-refractivity contribution in [2.24, 2.45) is 5.41 Å². The topological polar surface area (TPSA) is 86.6 Å². The van der Waals surface area contributed by atoms with E-state index in [4.69, 9.17) is 5.11 Å². The van der Waals surface area contributed by atoms with Gasteiger partial charge in [-0.1, -0.05) is 30.3 Å². The molecular weight excluding hydrogens is 303 g/mol. The molecule has 0 bridgehead atoms. The maximum atomic E-state index is 13.2. The average Bonchev–Trinajstić information content (AvgIpc) is 3.25. The van der Waals surface area contributed by atoms with Crippen molar-refractivity contribution >= 4 is 11.9 Å². The SMILES string of the molecule is O=C(O)C1(C(=O)NCC(O)(c2ccccc2)C(F)(F)F)CC1. The highest BCUT2D eigenvalue weighted by molar-refractivity contribution is 6.04. The van der Waals surface area contributed by atoms with Crippen LogP contribution in [-0.2, 0) is 15.2 Å². The summed E-state index contributed by atoms with van der Waals surface area (Å²) in [4.78, 5) is 22.8. The van der Waals surface area contributed by atoms with E-state index >= 15 is 0 Å². The Balaban J connectivity index is 2.19. The summed E-state index contributed by atoms with van der Waals surface area (Å²) in [5.41, 5.74) is -5.37. The second kappa shape index (κ2) is 5.28. The molecule has 1 amide bonds.